The maximum atomic E-state index is 12.9. The van der Waals surface area contributed by atoms with E-state index in [-0.39, 0.29) is 17.6 Å². The number of nitrogens with one attached hydrogen (secondary N) is 1. The number of hydrogen-bond acceptors (Lipinski definition) is 6. The van der Waals surface area contributed by atoms with Gasteiger partial charge < -0.3 is 19.5 Å². The third-order valence-corrected chi connectivity index (χ3v) is 5.21. The summed E-state index contributed by atoms with van der Waals surface area (Å²) in [6.45, 7) is 2.81. The quantitative estimate of drug-likeness (QED) is 0.619. The number of thioether (sulfide) groups is 1. The molecule has 0 atom stereocenters. The van der Waals surface area contributed by atoms with Crippen molar-refractivity contribution in [2.24, 2.45) is 0 Å². The molecule has 0 aliphatic carbocycles. The van der Waals surface area contributed by atoms with Crippen molar-refractivity contribution in [3.05, 3.63) is 42.6 Å². The molecular weight excluding hydrogens is 400 g/mol. The zero-order chi connectivity index (χ0) is 20.2. The van der Waals surface area contributed by atoms with E-state index >= 15 is 0 Å². The third kappa shape index (κ3) is 4.65. The highest BCUT2D eigenvalue weighted by Gasteiger charge is 2.18. The van der Waals surface area contributed by atoms with Crippen LogP contribution in [0, 0.1) is 0 Å². The Labute approximate surface area is 170 Å². The Morgan fingerprint density at radius 3 is 2.72 bits per heavy atom. The number of alkyl halides is 2. The Hall–Kier alpha value is -2.72. The van der Waals surface area contributed by atoms with Crippen molar-refractivity contribution in [1.82, 2.24) is 14.5 Å². The predicted octanol–water partition coefficient (Wildman–Crippen LogP) is 3.22. The van der Waals surface area contributed by atoms with Gasteiger partial charge in [-0.25, -0.2) is 9.97 Å². The molecule has 0 spiro atoms. The first kappa shape index (κ1) is 19.6. The predicted molar refractivity (Wildman–Crippen MR) is 107 cm³/mol. The van der Waals surface area contributed by atoms with Crippen molar-refractivity contribution in [3.8, 4) is 0 Å². The number of carbonyl (C=O) groups excluding carboxylic acids is 1. The monoisotopic (exact) mass is 419 g/mol. The van der Waals surface area contributed by atoms with Gasteiger partial charge in [0.1, 0.15) is 12.4 Å². The Bertz CT molecular complexity index is 990. The number of imidazole rings is 1. The summed E-state index contributed by atoms with van der Waals surface area (Å²) in [5, 5.41) is 2.82. The summed E-state index contributed by atoms with van der Waals surface area (Å²) in [5.74, 6) is -2.58. The van der Waals surface area contributed by atoms with Gasteiger partial charge in [0.15, 0.2) is 5.16 Å². The lowest BCUT2D eigenvalue weighted by atomic mass is 10.3. The van der Waals surface area contributed by atoms with Crippen LogP contribution < -0.4 is 10.2 Å². The highest BCUT2D eigenvalue weighted by atomic mass is 32.2. The maximum Gasteiger partial charge on any atom is 0.291 e. The largest absolute Gasteiger partial charge is 0.378 e. The summed E-state index contributed by atoms with van der Waals surface area (Å²) in [4.78, 5) is 23.2. The number of fused-ring (bicyclic) bond motifs is 1. The molecule has 4 rings (SSSR count). The van der Waals surface area contributed by atoms with Crippen molar-refractivity contribution in [3.63, 3.8) is 0 Å². The van der Waals surface area contributed by atoms with E-state index in [1.807, 2.05) is 6.07 Å². The molecule has 0 unspecified atom stereocenters. The fourth-order valence-corrected chi connectivity index (χ4v) is 3.77. The van der Waals surface area contributed by atoms with Gasteiger partial charge in [0, 0.05) is 13.1 Å². The van der Waals surface area contributed by atoms with Gasteiger partial charge in [0.2, 0.25) is 5.91 Å². The van der Waals surface area contributed by atoms with Crippen molar-refractivity contribution in [2.75, 3.05) is 36.5 Å². The molecule has 7 nitrogen and oxygen atoms in total. The second kappa shape index (κ2) is 8.75. The van der Waals surface area contributed by atoms with Gasteiger partial charge >= 0.3 is 0 Å². The molecule has 1 aromatic carbocycles. The first-order chi connectivity index (χ1) is 14.1. The van der Waals surface area contributed by atoms with Gasteiger partial charge in [-0.2, -0.15) is 8.78 Å². The number of carbonyl (C=O) groups is 1. The first-order valence-electron chi connectivity index (χ1n) is 9.09. The first-order valence-corrected chi connectivity index (χ1v) is 9.97. The van der Waals surface area contributed by atoms with Gasteiger partial charge in [-0.3, -0.25) is 4.79 Å². The molecule has 29 heavy (non-hydrogen) atoms. The summed E-state index contributed by atoms with van der Waals surface area (Å²) < 4.78 is 32.6. The molecule has 0 bridgehead atoms. The minimum absolute atomic E-state index is 0.104. The molecule has 1 aliphatic rings. The van der Waals surface area contributed by atoms with Crippen LogP contribution in [0.2, 0.25) is 0 Å². The van der Waals surface area contributed by atoms with Crippen LogP contribution in [-0.2, 0) is 16.1 Å². The topological polar surface area (TPSA) is 72.3 Å². The van der Waals surface area contributed by atoms with Crippen LogP contribution in [0.1, 0.15) is 0 Å². The number of nitrogens with zero attached hydrogens (tertiary/aromatic N) is 4. The number of aromatic nitrogens is 3. The summed E-state index contributed by atoms with van der Waals surface area (Å²) in [7, 11) is 0. The van der Waals surface area contributed by atoms with Gasteiger partial charge in [-0.05, 0) is 36.0 Å². The molecule has 10 heteroatoms. The molecule has 1 aliphatic heterocycles. The summed E-state index contributed by atoms with van der Waals surface area (Å²) in [6, 6.07) is 10.6. The number of hydrogen-bond donors (Lipinski definition) is 1. The number of halogens is 2. The van der Waals surface area contributed by atoms with Crippen LogP contribution in [0.25, 0.3) is 11.0 Å². The molecule has 0 radical (unpaired) electrons. The number of amides is 1. The Balaban J connectivity index is 1.47. The van der Waals surface area contributed by atoms with E-state index in [1.165, 1.54) is 4.57 Å². The number of benzene rings is 1. The lowest BCUT2D eigenvalue weighted by Crippen LogP contribution is -2.36. The van der Waals surface area contributed by atoms with E-state index in [0.717, 1.165) is 18.8 Å². The van der Waals surface area contributed by atoms with E-state index in [1.54, 1.807) is 36.5 Å². The van der Waals surface area contributed by atoms with Crippen LogP contribution in [0.3, 0.4) is 0 Å². The summed E-state index contributed by atoms with van der Waals surface area (Å²) in [5.41, 5.74) is 2.15. The van der Waals surface area contributed by atoms with Crippen molar-refractivity contribution in [2.45, 2.75) is 17.5 Å². The molecule has 3 aromatic rings. The minimum Gasteiger partial charge on any atom is -0.378 e. The van der Waals surface area contributed by atoms with Gasteiger partial charge in [0.25, 0.3) is 5.76 Å². The second-order valence-corrected chi connectivity index (χ2v) is 7.35. The van der Waals surface area contributed by atoms with Crippen LogP contribution >= 0.6 is 11.8 Å². The van der Waals surface area contributed by atoms with Gasteiger partial charge in [-0.15, -0.1) is 0 Å². The Morgan fingerprint density at radius 2 is 2.00 bits per heavy atom. The number of rotatable bonds is 6. The Morgan fingerprint density at radius 1 is 1.21 bits per heavy atom. The minimum atomic E-state index is -2.62. The zero-order valence-corrected chi connectivity index (χ0v) is 16.2. The highest BCUT2D eigenvalue weighted by Crippen LogP contribution is 2.28. The summed E-state index contributed by atoms with van der Waals surface area (Å²) >= 11 is 0.324. The molecule has 1 amide bonds. The van der Waals surface area contributed by atoms with Crippen LogP contribution in [0.5, 0.6) is 0 Å². The highest BCUT2D eigenvalue weighted by molar-refractivity contribution is 7.99. The number of pyridine rings is 1. The average molecular weight is 419 g/mol. The Kier molecular flexibility index (Phi) is 5.91. The lowest BCUT2D eigenvalue weighted by Gasteiger charge is -2.28. The third-order valence-electron chi connectivity index (χ3n) is 4.51. The molecule has 3 heterocycles. The van der Waals surface area contributed by atoms with E-state index in [2.05, 4.69) is 20.2 Å². The normalized spacial score (nSPS) is 14.5. The molecular formula is C19H19F2N5O2S. The smallest absolute Gasteiger partial charge is 0.291 e. The molecule has 1 fully saturated rings. The second-order valence-electron chi connectivity index (χ2n) is 6.40. The lowest BCUT2D eigenvalue weighted by molar-refractivity contribution is -0.116. The van der Waals surface area contributed by atoms with Gasteiger partial charge in [0.05, 0.1) is 36.1 Å². The van der Waals surface area contributed by atoms with Crippen molar-refractivity contribution in [1.29, 1.82) is 0 Å². The number of anilines is 2. The fourth-order valence-electron chi connectivity index (χ4n) is 3.17. The molecule has 0 saturated carbocycles. The van der Waals surface area contributed by atoms with Crippen molar-refractivity contribution < 1.29 is 18.3 Å². The van der Waals surface area contributed by atoms with Crippen LogP contribution in [0.4, 0.5) is 20.3 Å². The van der Waals surface area contributed by atoms with Crippen LogP contribution in [-0.4, -0.2) is 52.5 Å². The summed E-state index contributed by atoms with van der Waals surface area (Å²) in [6.07, 6.45) is 1.70. The standard InChI is InChI=1S/C19H19F2N5O2S/c20-18(21)29-19-23-14-3-1-2-4-15(14)26(19)12-17(27)24-16-6-5-13(11-22-16)25-7-9-28-10-8-25/h1-6,11,18H,7-10,12H2,(H,22,24,27). The number of ether oxygens (including phenoxy) is 1. The van der Waals surface area contributed by atoms with Gasteiger partial charge in [-0.1, -0.05) is 12.1 Å². The van der Waals surface area contributed by atoms with E-state index in [4.69, 9.17) is 4.74 Å². The SMILES string of the molecule is O=C(Cn1c(SC(F)F)nc2ccccc21)Nc1ccc(N2CCOCC2)cn1. The maximum absolute atomic E-state index is 12.9. The molecule has 1 saturated heterocycles. The fraction of sp³-hybridized carbons (Fsp3) is 0.316. The molecule has 1 N–H and O–H groups in total. The molecule has 2 aromatic heterocycles. The average Bonchev–Trinajstić information content (AvgIpc) is 3.05. The van der Waals surface area contributed by atoms with E-state index in [9.17, 15) is 13.6 Å². The van der Waals surface area contributed by atoms with Crippen molar-refractivity contribution >= 4 is 40.2 Å². The number of morpholine rings is 1. The van der Waals surface area contributed by atoms with E-state index < -0.39 is 5.76 Å². The zero-order valence-electron chi connectivity index (χ0n) is 15.4. The number of para-hydroxylation sites is 2. The van der Waals surface area contributed by atoms with Crippen LogP contribution in [0.15, 0.2) is 47.8 Å². The molecule has 152 valence electrons. The van der Waals surface area contributed by atoms with E-state index in [0.29, 0.717) is 41.8 Å².